The minimum atomic E-state index is -1.27. The predicted octanol–water partition coefficient (Wildman–Crippen LogP) is 2.92. The summed E-state index contributed by atoms with van der Waals surface area (Å²) in [6, 6.07) is 7.71. The second-order valence-corrected chi connectivity index (χ2v) is 13.5. The highest BCUT2D eigenvalue weighted by molar-refractivity contribution is 7.15. The van der Waals surface area contributed by atoms with Crippen molar-refractivity contribution >= 4 is 35.0 Å². The van der Waals surface area contributed by atoms with Gasteiger partial charge in [0.05, 0.1) is 12.1 Å². The van der Waals surface area contributed by atoms with Crippen molar-refractivity contribution in [1.29, 1.82) is 0 Å². The van der Waals surface area contributed by atoms with E-state index in [0.29, 0.717) is 42.4 Å². The Labute approximate surface area is 267 Å². The lowest BCUT2D eigenvalue weighted by atomic mass is 9.75. The van der Waals surface area contributed by atoms with Gasteiger partial charge in [0.2, 0.25) is 11.8 Å². The molecular formula is C32H42N8O4S. The van der Waals surface area contributed by atoms with E-state index in [4.69, 9.17) is 0 Å². The molecule has 5 rings (SSSR count). The summed E-state index contributed by atoms with van der Waals surface area (Å²) >= 11 is 1.44. The first-order valence-electron chi connectivity index (χ1n) is 15.7. The molecule has 3 aromatic rings. The Hall–Kier alpha value is -4.13. The molecule has 1 aromatic carbocycles. The summed E-state index contributed by atoms with van der Waals surface area (Å²) in [5, 5.41) is 18.3. The van der Waals surface area contributed by atoms with Crippen LogP contribution in [0.3, 0.4) is 0 Å². The topological polar surface area (TPSA) is 142 Å². The Bertz CT molecular complexity index is 1550. The molecule has 240 valence electrons. The molecule has 1 fully saturated rings. The van der Waals surface area contributed by atoms with Gasteiger partial charge in [-0.3, -0.25) is 19.2 Å². The lowest BCUT2D eigenvalue weighted by Crippen LogP contribution is -2.60. The normalized spacial score (nSPS) is 20.2. The number of rotatable bonds is 5. The maximum Gasteiger partial charge on any atom is 0.257 e. The standard InChI is InChI=1S/C32H42N8O4S/c1-21(2)13-17-39-19-26(41)35-32(14-7-10-24-9-5-6-11-25(24)32)31(44)33-15-18-38(16-8-12-27(39)42)29(43)28-22(3)23(4)45-30(28)40-20-34-36-37-40/h5-6,9,11,20-21H,7-8,10,12-19H2,1-4H3,(H,33,44)(H,35,41). The van der Waals surface area contributed by atoms with Gasteiger partial charge in [-0.2, -0.15) is 4.68 Å². The summed E-state index contributed by atoms with van der Waals surface area (Å²) < 4.78 is 1.49. The number of fused-ring (bicyclic) bond motifs is 2. The number of hydrogen-bond acceptors (Lipinski definition) is 8. The lowest BCUT2D eigenvalue weighted by Gasteiger charge is -2.39. The number of aryl methyl sites for hydroxylation is 2. The number of tetrazole rings is 1. The summed E-state index contributed by atoms with van der Waals surface area (Å²) in [4.78, 5) is 59.7. The van der Waals surface area contributed by atoms with E-state index in [-0.39, 0.29) is 49.7 Å². The fraction of sp³-hybridized carbons (Fsp3) is 0.531. The maximum absolute atomic E-state index is 14.2. The molecule has 12 nitrogen and oxygen atoms in total. The van der Waals surface area contributed by atoms with Gasteiger partial charge in [-0.15, -0.1) is 16.4 Å². The summed E-state index contributed by atoms with van der Waals surface area (Å²) in [5.74, 6) is -0.680. The maximum atomic E-state index is 14.2. The molecule has 45 heavy (non-hydrogen) atoms. The summed E-state index contributed by atoms with van der Waals surface area (Å²) in [5.41, 5.74) is 1.87. The van der Waals surface area contributed by atoms with Gasteiger partial charge in [-0.25, -0.2) is 0 Å². The Balaban J connectivity index is 1.48. The first-order chi connectivity index (χ1) is 21.6. The third-order valence-corrected chi connectivity index (χ3v) is 9.99. The molecule has 1 atom stereocenters. The van der Waals surface area contributed by atoms with Crippen molar-refractivity contribution < 1.29 is 19.2 Å². The molecular weight excluding hydrogens is 592 g/mol. The number of hydrogen-bond donors (Lipinski definition) is 2. The Morgan fingerprint density at radius 3 is 2.64 bits per heavy atom. The number of benzene rings is 1. The Kier molecular flexibility index (Phi) is 9.96. The fourth-order valence-electron chi connectivity index (χ4n) is 6.20. The van der Waals surface area contributed by atoms with Crippen LogP contribution in [0.25, 0.3) is 5.00 Å². The van der Waals surface area contributed by atoms with Crippen molar-refractivity contribution in [1.82, 2.24) is 40.6 Å². The van der Waals surface area contributed by atoms with Crippen molar-refractivity contribution in [3.8, 4) is 5.00 Å². The van der Waals surface area contributed by atoms with Gasteiger partial charge in [-0.05, 0) is 79.0 Å². The number of nitrogens with zero attached hydrogens (tertiary/aromatic N) is 6. The zero-order valence-corrected chi connectivity index (χ0v) is 27.3. The molecule has 0 saturated carbocycles. The minimum absolute atomic E-state index is 0.131. The monoisotopic (exact) mass is 634 g/mol. The molecule has 0 bridgehead atoms. The van der Waals surface area contributed by atoms with Crippen molar-refractivity contribution in [3.05, 3.63) is 57.7 Å². The van der Waals surface area contributed by atoms with Crippen LogP contribution >= 0.6 is 11.3 Å². The molecule has 13 heteroatoms. The van der Waals surface area contributed by atoms with Crippen LogP contribution in [0.2, 0.25) is 0 Å². The third-order valence-electron chi connectivity index (χ3n) is 8.79. The minimum Gasteiger partial charge on any atom is -0.352 e. The van der Waals surface area contributed by atoms with Gasteiger partial charge in [0.1, 0.15) is 16.9 Å². The number of thiophene rings is 1. The molecule has 1 aliphatic heterocycles. The molecule has 2 N–H and O–H groups in total. The zero-order chi connectivity index (χ0) is 32.1. The van der Waals surface area contributed by atoms with Crippen LogP contribution in [0.1, 0.15) is 77.9 Å². The summed E-state index contributed by atoms with van der Waals surface area (Å²) in [6.07, 6.45) is 4.79. The van der Waals surface area contributed by atoms with Crippen LogP contribution in [-0.2, 0) is 26.3 Å². The SMILES string of the molecule is Cc1sc(-n2cnnn2)c(C(=O)N2CCCC(=O)N(CCC(C)C)CC(=O)NC3(CCCc4ccccc43)C(=O)NCC2)c1C. The largest absolute Gasteiger partial charge is 0.352 e. The third kappa shape index (κ3) is 6.92. The highest BCUT2D eigenvalue weighted by Gasteiger charge is 2.45. The zero-order valence-electron chi connectivity index (χ0n) is 26.5. The van der Waals surface area contributed by atoms with E-state index in [1.807, 2.05) is 38.1 Å². The van der Waals surface area contributed by atoms with Crippen LogP contribution in [0.15, 0.2) is 30.6 Å². The van der Waals surface area contributed by atoms with Crippen molar-refractivity contribution in [2.24, 2.45) is 5.92 Å². The summed E-state index contributed by atoms with van der Waals surface area (Å²) in [6.45, 7) is 9.03. The van der Waals surface area contributed by atoms with Gasteiger partial charge in [-0.1, -0.05) is 38.1 Å². The van der Waals surface area contributed by atoms with Gasteiger partial charge >= 0.3 is 0 Å². The molecule has 3 heterocycles. The Morgan fingerprint density at radius 2 is 1.89 bits per heavy atom. The number of carbonyl (C=O) groups is 4. The number of aromatic nitrogens is 4. The molecule has 0 radical (unpaired) electrons. The quantitative estimate of drug-likeness (QED) is 0.440. The number of nitrogens with one attached hydrogen (secondary N) is 2. The molecule has 4 amide bonds. The Morgan fingerprint density at radius 1 is 1.09 bits per heavy atom. The van der Waals surface area contributed by atoms with Crippen LogP contribution < -0.4 is 10.6 Å². The second kappa shape index (κ2) is 13.9. The van der Waals surface area contributed by atoms with E-state index in [1.54, 1.807) is 9.80 Å². The molecule has 1 spiro atoms. The first-order valence-corrected chi connectivity index (χ1v) is 16.5. The lowest BCUT2D eigenvalue weighted by molar-refractivity contribution is -0.139. The molecule has 1 aliphatic carbocycles. The van der Waals surface area contributed by atoms with Gasteiger partial charge in [0, 0.05) is 37.5 Å². The molecule has 2 aliphatic rings. The van der Waals surface area contributed by atoms with E-state index in [1.165, 1.54) is 22.3 Å². The van der Waals surface area contributed by atoms with Crippen LogP contribution in [0, 0.1) is 19.8 Å². The average Bonchev–Trinajstić information content (AvgIpc) is 3.65. The van der Waals surface area contributed by atoms with E-state index in [0.717, 1.165) is 40.8 Å². The van der Waals surface area contributed by atoms with Crippen molar-refractivity contribution in [3.63, 3.8) is 0 Å². The molecule has 1 saturated heterocycles. The van der Waals surface area contributed by atoms with Crippen LogP contribution in [-0.4, -0.2) is 86.4 Å². The van der Waals surface area contributed by atoms with Gasteiger partial charge < -0.3 is 20.4 Å². The molecule has 2 aromatic heterocycles. The van der Waals surface area contributed by atoms with E-state index >= 15 is 0 Å². The van der Waals surface area contributed by atoms with Gasteiger partial charge in [0.25, 0.3) is 11.8 Å². The van der Waals surface area contributed by atoms with Crippen molar-refractivity contribution in [2.45, 2.75) is 71.8 Å². The average molecular weight is 635 g/mol. The van der Waals surface area contributed by atoms with Gasteiger partial charge in [0.15, 0.2) is 0 Å². The molecule has 1 unspecified atom stereocenters. The van der Waals surface area contributed by atoms with E-state index < -0.39 is 5.54 Å². The van der Waals surface area contributed by atoms with Crippen LogP contribution in [0.4, 0.5) is 0 Å². The summed E-state index contributed by atoms with van der Waals surface area (Å²) in [7, 11) is 0. The fourth-order valence-corrected chi connectivity index (χ4v) is 7.26. The number of amides is 4. The first kappa shape index (κ1) is 32.3. The van der Waals surface area contributed by atoms with E-state index in [2.05, 4.69) is 40.0 Å². The predicted molar refractivity (Wildman–Crippen MR) is 170 cm³/mol. The smallest absolute Gasteiger partial charge is 0.257 e. The number of carbonyl (C=O) groups excluding carboxylic acids is 4. The van der Waals surface area contributed by atoms with Crippen LogP contribution in [0.5, 0.6) is 0 Å². The van der Waals surface area contributed by atoms with Crippen molar-refractivity contribution in [2.75, 3.05) is 32.7 Å². The highest BCUT2D eigenvalue weighted by atomic mass is 32.1. The second-order valence-electron chi connectivity index (χ2n) is 12.3. The highest BCUT2D eigenvalue weighted by Crippen LogP contribution is 2.36. The van der Waals surface area contributed by atoms with E-state index in [9.17, 15) is 19.2 Å².